The van der Waals surface area contributed by atoms with Crippen molar-refractivity contribution in [1.29, 1.82) is 0 Å². The quantitative estimate of drug-likeness (QED) is 0.520. The average Bonchev–Trinajstić information content (AvgIpc) is 1.59. The average molecular weight is 169 g/mol. The second-order valence-corrected chi connectivity index (χ2v) is 3.28. The zero-order valence-electron chi connectivity index (χ0n) is 5.48. The summed E-state index contributed by atoms with van der Waals surface area (Å²) in [6, 6.07) is 0. The first-order chi connectivity index (χ1) is 4.45. The number of aliphatic hydroxyl groups excluding tert-OH is 1. The standard InChI is InChI=1S/C4H10O5S/c1-9-2-4(5)3-10(6,7)8/h4-5H,2-3H2,1H3,(H,6,7,8)/p-1. The van der Waals surface area contributed by atoms with E-state index in [9.17, 15) is 13.0 Å². The number of hydrogen-bond acceptors (Lipinski definition) is 5. The highest BCUT2D eigenvalue weighted by molar-refractivity contribution is 7.85. The Morgan fingerprint density at radius 2 is 2.20 bits per heavy atom. The van der Waals surface area contributed by atoms with Gasteiger partial charge < -0.3 is 14.4 Å². The molecule has 6 heteroatoms. The summed E-state index contributed by atoms with van der Waals surface area (Å²) in [4.78, 5) is 0. The van der Waals surface area contributed by atoms with Crippen LogP contribution >= 0.6 is 0 Å². The van der Waals surface area contributed by atoms with E-state index < -0.39 is 22.0 Å². The fourth-order valence-electron chi connectivity index (χ4n) is 0.476. The zero-order chi connectivity index (χ0) is 8.20. The van der Waals surface area contributed by atoms with Gasteiger partial charge in [0, 0.05) is 7.11 Å². The Balaban J connectivity index is 3.69. The van der Waals surface area contributed by atoms with E-state index in [1.165, 1.54) is 7.11 Å². The van der Waals surface area contributed by atoms with Crippen LogP contribution in [0.1, 0.15) is 0 Å². The molecule has 1 N–H and O–H groups in total. The van der Waals surface area contributed by atoms with E-state index >= 15 is 0 Å². The van der Waals surface area contributed by atoms with Gasteiger partial charge in [-0.3, -0.25) is 0 Å². The van der Waals surface area contributed by atoms with Gasteiger partial charge >= 0.3 is 0 Å². The van der Waals surface area contributed by atoms with E-state index in [1.807, 2.05) is 0 Å². The molecule has 0 radical (unpaired) electrons. The van der Waals surface area contributed by atoms with Gasteiger partial charge in [0.25, 0.3) is 0 Å². The van der Waals surface area contributed by atoms with E-state index in [4.69, 9.17) is 5.11 Å². The minimum Gasteiger partial charge on any atom is -0.748 e. The van der Waals surface area contributed by atoms with Crippen molar-refractivity contribution >= 4 is 10.1 Å². The third kappa shape index (κ3) is 5.96. The smallest absolute Gasteiger partial charge is 0.0972 e. The van der Waals surface area contributed by atoms with Crippen molar-refractivity contribution in [2.45, 2.75) is 6.10 Å². The van der Waals surface area contributed by atoms with Crippen LogP contribution in [0, 0.1) is 0 Å². The van der Waals surface area contributed by atoms with Crippen molar-refractivity contribution in [2.75, 3.05) is 19.5 Å². The maximum atomic E-state index is 9.95. The molecule has 0 aromatic heterocycles. The Kier molecular flexibility index (Phi) is 3.80. The Hall–Kier alpha value is -0.170. The topological polar surface area (TPSA) is 86.7 Å². The molecule has 0 aromatic carbocycles. The molecule has 0 aliphatic rings. The van der Waals surface area contributed by atoms with Crippen LogP contribution in [0.25, 0.3) is 0 Å². The van der Waals surface area contributed by atoms with Gasteiger partial charge in [-0.1, -0.05) is 0 Å². The molecule has 62 valence electrons. The SMILES string of the molecule is COCC(O)CS(=O)(=O)[O-]. The molecule has 0 aromatic rings. The molecule has 10 heavy (non-hydrogen) atoms. The van der Waals surface area contributed by atoms with E-state index in [1.54, 1.807) is 0 Å². The maximum absolute atomic E-state index is 9.95. The Labute approximate surface area is 59.4 Å². The van der Waals surface area contributed by atoms with Gasteiger partial charge in [-0.05, 0) is 0 Å². The van der Waals surface area contributed by atoms with Gasteiger partial charge in [0.15, 0.2) is 0 Å². The summed E-state index contributed by atoms with van der Waals surface area (Å²) in [7, 11) is -3.02. The lowest BCUT2D eigenvalue weighted by Gasteiger charge is -2.11. The van der Waals surface area contributed by atoms with Gasteiger partial charge in [0.2, 0.25) is 0 Å². The summed E-state index contributed by atoms with van der Waals surface area (Å²) in [6.45, 7) is -0.137. The summed E-state index contributed by atoms with van der Waals surface area (Å²) in [6.07, 6.45) is -1.22. The number of rotatable bonds is 4. The van der Waals surface area contributed by atoms with Gasteiger partial charge in [0.1, 0.15) is 0 Å². The number of aliphatic hydroxyl groups is 1. The first-order valence-electron chi connectivity index (χ1n) is 2.56. The summed E-state index contributed by atoms with van der Waals surface area (Å²) in [5.41, 5.74) is 0. The molecule has 0 bridgehead atoms. The lowest BCUT2D eigenvalue weighted by molar-refractivity contribution is 0.0773. The zero-order valence-corrected chi connectivity index (χ0v) is 6.30. The first kappa shape index (κ1) is 9.83. The molecule has 0 fully saturated rings. The second kappa shape index (κ2) is 3.87. The minimum absolute atomic E-state index is 0.137. The van der Waals surface area contributed by atoms with Crippen LogP contribution in [0.5, 0.6) is 0 Å². The molecule has 0 saturated heterocycles. The molecule has 0 saturated carbocycles. The molecule has 0 rings (SSSR count). The molecule has 5 nitrogen and oxygen atoms in total. The highest BCUT2D eigenvalue weighted by Crippen LogP contribution is 1.89. The maximum Gasteiger partial charge on any atom is 0.0972 e. The fraction of sp³-hybridized carbons (Fsp3) is 1.00. The van der Waals surface area contributed by atoms with E-state index in [0.29, 0.717) is 0 Å². The third-order valence-corrected chi connectivity index (χ3v) is 1.55. The number of ether oxygens (including phenoxy) is 1. The predicted octanol–water partition coefficient (Wildman–Crippen LogP) is -1.46. The van der Waals surface area contributed by atoms with Crippen LogP contribution in [0.15, 0.2) is 0 Å². The van der Waals surface area contributed by atoms with Gasteiger partial charge in [-0.2, -0.15) is 0 Å². The Morgan fingerprint density at radius 1 is 1.70 bits per heavy atom. The molecule has 1 atom stereocenters. The largest absolute Gasteiger partial charge is 0.748 e. The lowest BCUT2D eigenvalue weighted by Crippen LogP contribution is -2.24. The molecular weight excluding hydrogens is 160 g/mol. The van der Waals surface area contributed by atoms with Crippen LogP contribution < -0.4 is 0 Å². The summed E-state index contributed by atoms with van der Waals surface area (Å²) in [5, 5.41) is 8.68. The first-order valence-corrected chi connectivity index (χ1v) is 4.14. The minimum atomic E-state index is -4.33. The number of methoxy groups -OCH3 is 1. The molecule has 0 amide bonds. The molecule has 0 aliphatic carbocycles. The van der Waals surface area contributed by atoms with Crippen molar-refractivity contribution in [3.63, 3.8) is 0 Å². The van der Waals surface area contributed by atoms with Crippen molar-refractivity contribution in [3.8, 4) is 0 Å². The summed E-state index contributed by atoms with van der Waals surface area (Å²) < 4.78 is 34.2. The van der Waals surface area contributed by atoms with E-state index in [2.05, 4.69) is 4.74 Å². The van der Waals surface area contributed by atoms with Gasteiger partial charge in [0.05, 0.1) is 28.6 Å². The van der Waals surface area contributed by atoms with E-state index in [0.717, 1.165) is 0 Å². The molecular formula is C4H9O5S-. The number of hydrogen-bond donors (Lipinski definition) is 1. The predicted molar refractivity (Wildman–Crippen MR) is 32.4 cm³/mol. The molecule has 0 heterocycles. The van der Waals surface area contributed by atoms with Crippen molar-refractivity contribution in [1.82, 2.24) is 0 Å². The Bertz CT molecular complexity index is 172. The summed E-state index contributed by atoms with van der Waals surface area (Å²) in [5.74, 6) is -0.791. The van der Waals surface area contributed by atoms with Crippen LogP contribution in [-0.4, -0.2) is 43.7 Å². The monoisotopic (exact) mass is 169 g/mol. The summed E-state index contributed by atoms with van der Waals surface area (Å²) >= 11 is 0. The van der Waals surface area contributed by atoms with Crippen LogP contribution in [0.2, 0.25) is 0 Å². The molecule has 0 spiro atoms. The third-order valence-electron chi connectivity index (χ3n) is 0.756. The van der Waals surface area contributed by atoms with Crippen LogP contribution in [0.4, 0.5) is 0 Å². The second-order valence-electron chi connectivity index (χ2n) is 1.83. The normalized spacial score (nSPS) is 15.1. The van der Waals surface area contributed by atoms with Crippen molar-refractivity contribution in [2.24, 2.45) is 0 Å². The highest BCUT2D eigenvalue weighted by Gasteiger charge is 2.06. The van der Waals surface area contributed by atoms with Gasteiger partial charge in [-0.25, -0.2) is 8.42 Å². The van der Waals surface area contributed by atoms with Gasteiger partial charge in [-0.15, -0.1) is 0 Å². The molecule has 1 unspecified atom stereocenters. The highest BCUT2D eigenvalue weighted by atomic mass is 32.2. The van der Waals surface area contributed by atoms with Crippen molar-refractivity contribution in [3.05, 3.63) is 0 Å². The Morgan fingerprint density at radius 3 is 2.50 bits per heavy atom. The fourth-order valence-corrected chi connectivity index (χ4v) is 1.04. The van der Waals surface area contributed by atoms with E-state index in [-0.39, 0.29) is 6.61 Å². The van der Waals surface area contributed by atoms with Crippen LogP contribution in [0.3, 0.4) is 0 Å². The van der Waals surface area contributed by atoms with Crippen molar-refractivity contribution < 1.29 is 22.8 Å². The molecule has 0 aliphatic heterocycles. The lowest BCUT2D eigenvalue weighted by atomic mass is 10.4. The van der Waals surface area contributed by atoms with Crippen LogP contribution in [-0.2, 0) is 14.9 Å².